The molecular formula is C17H20F5NO6S. The Morgan fingerprint density at radius 2 is 1.37 bits per heavy atom. The molecule has 1 rings (SSSR count). The number of ether oxygens (including phenoxy) is 1. The van der Waals surface area contributed by atoms with Crippen LogP contribution in [0.1, 0.15) is 41.0 Å². The molecule has 1 amide bonds. The SMILES string of the molecule is CC(C)CC(C(=O)O)N(C(=O)OC(C)(C)C)S(=O)(=O)c1c(F)c(F)c(F)c(F)c1F. The number of carbonyl (C=O) groups is 2. The van der Waals surface area contributed by atoms with Crippen molar-refractivity contribution in [1.29, 1.82) is 0 Å². The molecule has 0 aliphatic heterocycles. The summed E-state index contributed by atoms with van der Waals surface area (Å²) >= 11 is 0. The summed E-state index contributed by atoms with van der Waals surface area (Å²) in [5.74, 6) is -15.7. The second kappa shape index (κ2) is 8.74. The molecule has 1 aromatic carbocycles. The van der Waals surface area contributed by atoms with Crippen LogP contribution in [0.25, 0.3) is 0 Å². The van der Waals surface area contributed by atoms with Crippen LogP contribution < -0.4 is 0 Å². The van der Waals surface area contributed by atoms with Gasteiger partial charge < -0.3 is 9.84 Å². The van der Waals surface area contributed by atoms with Crippen LogP contribution in [0.4, 0.5) is 26.7 Å². The van der Waals surface area contributed by atoms with Gasteiger partial charge in [-0.3, -0.25) is 0 Å². The van der Waals surface area contributed by atoms with Crippen molar-refractivity contribution in [3.05, 3.63) is 29.1 Å². The highest BCUT2D eigenvalue weighted by molar-refractivity contribution is 7.89. The van der Waals surface area contributed by atoms with Gasteiger partial charge in [-0.25, -0.2) is 40.0 Å². The zero-order chi connectivity index (χ0) is 23.8. The van der Waals surface area contributed by atoms with Crippen molar-refractivity contribution >= 4 is 22.1 Å². The van der Waals surface area contributed by atoms with Gasteiger partial charge in [-0.05, 0) is 33.1 Å². The van der Waals surface area contributed by atoms with E-state index in [-0.39, 0.29) is 0 Å². The minimum absolute atomic E-state index is 0.515. The maximum atomic E-state index is 14.2. The van der Waals surface area contributed by atoms with E-state index in [0.29, 0.717) is 0 Å². The van der Waals surface area contributed by atoms with Gasteiger partial charge in [-0.1, -0.05) is 13.8 Å². The number of hydrogen-bond acceptors (Lipinski definition) is 5. The number of carbonyl (C=O) groups excluding carboxylic acids is 1. The van der Waals surface area contributed by atoms with Crippen LogP contribution in [0, 0.1) is 35.0 Å². The van der Waals surface area contributed by atoms with Crippen molar-refractivity contribution < 1.29 is 49.8 Å². The topological polar surface area (TPSA) is 101 Å². The van der Waals surface area contributed by atoms with Gasteiger partial charge in [0.2, 0.25) is 5.82 Å². The summed E-state index contributed by atoms with van der Waals surface area (Å²) in [7, 11) is -5.90. The van der Waals surface area contributed by atoms with Crippen LogP contribution in [0.5, 0.6) is 0 Å². The number of halogens is 5. The highest BCUT2D eigenvalue weighted by Gasteiger charge is 2.46. The fourth-order valence-electron chi connectivity index (χ4n) is 2.35. The van der Waals surface area contributed by atoms with Crippen LogP contribution in [0.2, 0.25) is 0 Å². The molecule has 170 valence electrons. The maximum absolute atomic E-state index is 14.2. The first kappa shape index (κ1) is 25.6. The molecule has 1 aromatic rings. The average Bonchev–Trinajstić information content (AvgIpc) is 2.55. The summed E-state index contributed by atoms with van der Waals surface area (Å²) in [5.41, 5.74) is -1.39. The number of hydrogen-bond donors (Lipinski definition) is 1. The molecule has 0 aliphatic rings. The largest absolute Gasteiger partial charge is 0.480 e. The molecule has 1 atom stereocenters. The molecule has 1 unspecified atom stereocenters. The maximum Gasteiger partial charge on any atom is 0.425 e. The average molecular weight is 461 g/mol. The Morgan fingerprint density at radius 3 is 1.70 bits per heavy atom. The van der Waals surface area contributed by atoms with E-state index in [2.05, 4.69) is 0 Å². The normalized spacial score (nSPS) is 13.3. The second-order valence-corrected chi connectivity index (χ2v) is 9.42. The minimum atomic E-state index is -5.90. The quantitative estimate of drug-likeness (QED) is 0.393. The lowest BCUT2D eigenvalue weighted by molar-refractivity contribution is -0.142. The van der Waals surface area contributed by atoms with Gasteiger partial charge >= 0.3 is 12.1 Å². The van der Waals surface area contributed by atoms with Crippen LogP contribution >= 0.6 is 0 Å². The number of sulfonamides is 1. The molecule has 1 N–H and O–H groups in total. The van der Waals surface area contributed by atoms with Crippen LogP contribution in [0.15, 0.2) is 4.90 Å². The number of rotatable bonds is 6. The van der Waals surface area contributed by atoms with Crippen molar-refractivity contribution in [3.63, 3.8) is 0 Å². The van der Waals surface area contributed by atoms with Crippen molar-refractivity contribution in [2.24, 2.45) is 5.92 Å². The number of carboxylic acids is 1. The third-order valence-corrected chi connectivity index (χ3v) is 5.32. The van der Waals surface area contributed by atoms with E-state index in [1.165, 1.54) is 34.6 Å². The minimum Gasteiger partial charge on any atom is -0.480 e. The predicted molar refractivity (Wildman–Crippen MR) is 92.4 cm³/mol. The van der Waals surface area contributed by atoms with Crippen LogP contribution in [-0.4, -0.2) is 41.5 Å². The lowest BCUT2D eigenvalue weighted by Crippen LogP contribution is -2.51. The lowest BCUT2D eigenvalue weighted by Gasteiger charge is -2.31. The van der Waals surface area contributed by atoms with E-state index in [1.807, 2.05) is 0 Å². The zero-order valence-electron chi connectivity index (χ0n) is 16.6. The smallest absolute Gasteiger partial charge is 0.425 e. The first-order chi connectivity index (χ1) is 13.4. The second-order valence-electron chi connectivity index (χ2n) is 7.66. The van der Waals surface area contributed by atoms with Crippen molar-refractivity contribution in [2.45, 2.75) is 57.6 Å². The Hall–Kier alpha value is -2.44. The lowest BCUT2D eigenvalue weighted by atomic mass is 10.0. The molecule has 0 heterocycles. The molecule has 30 heavy (non-hydrogen) atoms. The number of carboxylic acid groups (broad SMARTS) is 1. The number of nitrogens with zero attached hydrogens (tertiary/aromatic N) is 1. The molecule has 13 heteroatoms. The summed E-state index contributed by atoms with van der Waals surface area (Å²) in [6.45, 7) is 6.76. The zero-order valence-corrected chi connectivity index (χ0v) is 17.4. The molecular weight excluding hydrogens is 441 g/mol. The number of amides is 1. The van der Waals surface area contributed by atoms with Gasteiger partial charge in [-0.15, -0.1) is 0 Å². The summed E-state index contributed by atoms with van der Waals surface area (Å²) < 4.78 is 98.8. The molecule has 0 radical (unpaired) electrons. The van der Waals surface area contributed by atoms with Gasteiger partial charge in [0.25, 0.3) is 10.0 Å². The van der Waals surface area contributed by atoms with Crippen molar-refractivity contribution in [2.75, 3.05) is 0 Å². The number of aliphatic carboxylic acids is 1. The Kier molecular flexibility index (Phi) is 7.46. The van der Waals surface area contributed by atoms with E-state index in [1.54, 1.807) is 0 Å². The summed E-state index contributed by atoms with van der Waals surface area (Å²) in [6.07, 6.45) is -2.40. The summed E-state index contributed by atoms with van der Waals surface area (Å²) in [4.78, 5) is 21.8. The molecule has 0 aromatic heterocycles. The monoisotopic (exact) mass is 461 g/mol. The Labute approximate surface area is 169 Å². The Morgan fingerprint density at radius 1 is 0.967 bits per heavy atom. The molecule has 0 fully saturated rings. The first-order valence-electron chi connectivity index (χ1n) is 8.45. The third kappa shape index (κ3) is 5.18. The van der Waals surface area contributed by atoms with Gasteiger partial charge in [0.1, 0.15) is 11.6 Å². The van der Waals surface area contributed by atoms with E-state index in [0.717, 1.165) is 0 Å². The van der Waals surface area contributed by atoms with E-state index >= 15 is 0 Å². The summed E-state index contributed by atoms with van der Waals surface area (Å²) in [6, 6.07) is -2.25. The fraction of sp³-hybridized carbons (Fsp3) is 0.529. The number of benzene rings is 1. The third-order valence-electron chi connectivity index (χ3n) is 3.52. The highest BCUT2D eigenvalue weighted by Crippen LogP contribution is 2.32. The van der Waals surface area contributed by atoms with E-state index in [4.69, 9.17) is 4.74 Å². The standard InChI is InChI=1S/C17H20F5NO6S/c1-7(2)6-8(15(24)25)23(16(26)29-17(3,4)5)30(27,28)14-12(21)10(19)9(18)11(20)13(14)22/h7-8H,6H2,1-5H3,(H,24,25). The highest BCUT2D eigenvalue weighted by atomic mass is 32.2. The molecule has 7 nitrogen and oxygen atoms in total. The summed E-state index contributed by atoms with van der Waals surface area (Å²) in [5, 5.41) is 9.43. The van der Waals surface area contributed by atoms with Gasteiger partial charge in [-0.2, -0.15) is 4.31 Å². The van der Waals surface area contributed by atoms with Crippen molar-refractivity contribution in [1.82, 2.24) is 4.31 Å². The van der Waals surface area contributed by atoms with Gasteiger partial charge in [0, 0.05) is 0 Å². The van der Waals surface area contributed by atoms with Gasteiger partial charge in [0.15, 0.2) is 28.2 Å². The van der Waals surface area contributed by atoms with Crippen molar-refractivity contribution in [3.8, 4) is 0 Å². The van der Waals surface area contributed by atoms with Gasteiger partial charge in [0.05, 0.1) is 0 Å². The molecule has 0 saturated carbocycles. The Balaban J connectivity index is 3.88. The molecule has 0 bridgehead atoms. The fourth-order valence-corrected chi connectivity index (χ4v) is 3.93. The first-order valence-corrected chi connectivity index (χ1v) is 9.89. The molecule has 0 saturated heterocycles. The van der Waals surface area contributed by atoms with E-state index in [9.17, 15) is 45.1 Å². The molecule has 0 spiro atoms. The van der Waals surface area contributed by atoms with Crippen LogP contribution in [-0.2, 0) is 19.6 Å². The van der Waals surface area contributed by atoms with E-state index < -0.39 is 84.4 Å². The predicted octanol–water partition coefficient (Wildman–Crippen LogP) is 3.81. The molecule has 0 aliphatic carbocycles. The Bertz CT molecular complexity index is 929. The van der Waals surface area contributed by atoms with Crippen LogP contribution in [0.3, 0.4) is 0 Å².